The summed E-state index contributed by atoms with van der Waals surface area (Å²) in [5, 5.41) is 0. The first-order valence-corrected chi connectivity index (χ1v) is 6.38. The Morgan fingerprint density at radius 1 is 1.21 bits per heavy atom. The van der Waals surface area contributed by atoms with E-state index in [-0.39, 0.29) is 11.5 Å². The molecule has 0 bridgehead atoms. The van der Waals surface area contributed by atoms with Crippen molar-refractivity contribution < 1.29 is 8.42 Å². The Bertz CT molecular complexity index is 391. The van der Waals surface area contributed by atoms with Gasteiger partial charge in [0.05, 0.1) is 5.75 Å². The summed E-state index contributed by atoms with van der Waals surface area (Å²) >= 11 is 0. The molecule has 0 fully saturated rings. The fourth-order valence-corrected chi connectivity index (χ4v) is 1.64. The lowest BCUT2D eigenvalue weighted by atomic mass is 10.2. The smallest absolute Gasteiger partial charge is 0.153 e. The minimum absolute atomic E-state index is 0.123. The molecular formula is C11H14O2S. The molecule has 0 aliphatic heterocycles. The van der Waals surface area contributed by atoms with Crippen LogP contribution in [0, 0.1) is 0 Å². The summed E-state index contributed by atoms with van der Waals surface area (Å²) in [6.07, 6.45) is 3.52. The van der Waals surface area contributed by atoms with Gasteiger partial charge < -0.3 is 0 Å². The van der Waals surface area contributed by atoms with Crippen LogP contribution in [0.5, 0.6) is 0 Å². The van der Waals surface area contributed by atoms with E-state index in [4.69, 9.17) is 0 Å². The van der Waals surface area contributed by atoms with E-state index in [1.807, 2.05) is 36.4 Å². The molecule has 0 amide bonds. The van der Waals surface area contributed by atoms with Gasteiger partial charge in [-0.25, -0.2) is 8.42 Å². The van der Waals surface area contributed by atoms with Crippen LogP contribution in [-0.4, -0.2) is 19.9 Å². The highest BCUT2D eigenvalue weighted by atomic mass is 32.2. The lowest BCUT2D eigenvalue weighted by Gasteiger charge is -1.94. The van der Waals surface area contributed by atoms with Gasteiger partial charge in [-0.15, -0.1) is 0 Å². The summed E-state index contributed by atoms with van der Waals surface area (Å²) in [5.74, 6) is 0.324. The highest BCUT2D eigenvalue weighted by Crippen LogP contribution is 2.01. The van der Waals surface area contributed by atoms with Crippen molar-refractivity contribution in [1.29, 1.82) is 0 Å². The second-order valence-corrected chi connectivity index (χ2v) is 5.41. The molecule has 0 N–H and O–H groups in total. The molecule has 1 rings (SSSR count). The molecule has 0 heterocycles. The number of hydrogen-bond acceptors (Lipinski definition) is 2. The molecule has 0 spiro atoms. The predicted octanol–water partition coefficient (Wildman–Crippen LogP) is 2.13. The van der Waals surface area contributed by atoms with Gasteiger partial charge in [0.25, 0.3) is 0 Å². The maximum Gasteiger partial charge on any atom is 0.153 e. The van der Waals surface area contributed by atoms with Crippen LogP contribution in [0.1, 0.15) is 12.5 Å². The van der Waals surface area contributed by atoms with Gasteiger partial charge in [-0.1, -0.05) is 49.4 Å². The first kappa shape index (κ1) is 11.0. The zero-order valence-corrected chi connectivity index (χ0v) is 9.00. The molecule has 0 aliphatic rings. The van der Waals surface area contributed by atoms with Gasteiger partial charge in [-0.3, -0.25) is 0 Å². The van der Waals surface area contributed by atoms with Gasteiger partial charge in [-0.05, 0) is 5.56 Å². The second kappa shape index (κ2) is 4.96. The van der Waals surface area contributed by atoms with Crippen LogP contribution in [-0.2, 0) is 9.84 Å². The van der Waals surface area contributed by atoms with Crippen LogP contribution < -0.4 is 0 Å². The zero-order chi connectivity index (χ0) is 10.4. The average Bonchev–Trinajstić information content (AvgIpc) is 2.19. The van der Waals surface area contributed by atoms with Gasteiger partial charge >= 0.3 is 0 Å². The molecule has 0 saturated carbocycles. The molecule has 0 aliphatic carbocycles. The van der Waals surface area contributed by atoms with E-state index in [2.05, 4.69) is 0 Å². The quantitative estimate of drug-likeness (QED) is 0.763. The molecule has 1 aromatic rings. The third-order valence-electron chi connectivity index (χ3n) is 1.90. The molecule has 0 aromatic heterocycles. The molecule has 0 radical (unpaired) electrons. The predicted molar refractivity (Wildman–Crippen MR) is 59.8 cm³/mol. The molecule has 0 atom stereocenters. The van der Waals surface area contributed by atoms with Crippen LogP contribution in [0.4, 0.5) is 0 Å². The number of benzene rings is 1. The second-order valence-electron chi connectivity index (χ2n) is 3.01. The summed E-state index contributed by atoms with van der Waals surface area (Å²) < 4.78 is 22.3. The lowest BCUT2D eigenvalue weighted by Crippen LogP contribution is -2.05. The summed E-state index contributed by atoms with van der Waals surface area (Å²) in [5.41, 5.74) is 1.03. The Balaban J connectivity index is 2.59. The number of sulfone groups is 1. The number of rotatable bonds is 4. The van der Waals surface area contributed by atoms with Gasteiger partial charge in [0.2, 0.25) is 0 Å². The van der Waals surface area contributed by atoms with Crippen LogP contribution in [0.2, 0.25) is 0 Å². The van der Waals surface area contributed by atoms with E-state index in [0.717, 1.165) is 5.56 Å². The van der Waals surface area contributed by atoms with E-state index >= 15 is 0 Å². The van der Waals surface area contributed by atoms with E-state index in [1.54, 1.807) is 13.0 Å². The van der Waals surface area contributed by atoms with Crippen LogP contribution in [0.15, 0.2) is 36.4 Å². The van der Waals surface area contributed by atoms with E-state index in [1.165, 1.54) is 0 Å². The van der Waals surface area contributed by atoms with Crippen LogP contribution in [0.3, 0.4) is 0 Å². The Labute approximate surface area is 85.2 Å². The SMILES string of the molecule is CCS(=O)(=O)CC=Cc1ccccc1. The third kappa shape index (κ3) is 3.75. The van der Waals surface area contributed by atoms with E-state index < -0.39 is 9.84 Å². The molecule has 2 nitrogen and oxygen atoms in total. The average molecular weight is 210 g/mol. The van der Waals surface area contributed by atoms with Gasteiger partial charge in [0.15, 0.2) is 9.84 Å². The monoisotopic (exact) mass is 210 g/mol. The van der Waals surface area contributed by atoms with Crippen LogP contribution in [0.25, 0.3) is 6.08 Å². The van der Waals surface area contributed by atoms with Crippen molar-refractivity contribution in [2.75, 3.05) is 11.5 Å². The molecule has 0 saturated heterocycles. The van der Waals surface area contributed by atoms with Gasteiger partial charge in [0, 0.05) is 5.75 Å². The summed E-state index contributed by atoms with van der Waals surface area (Å²) in [6, 6.07) is 9.66. The Morgan fingerprint density at radius 3 is 2.43 bits per heavy atom. The third-order valence-corrected chi connectivity index (χ3v) is 3.48. The van der Waals surface area contributed by atoms with Crippen molar-refractivity contribution in [2.45, 2.75) is 6.92 Å². The van der Waals surface area contributed by atoms with Crippen molar-refractivity contribution in [2.24, 2.45) is 0 Å². The number of hydrogen-bond donors (Lipinski definition) is 0. The minimum Gasteiger partial charge on any atom is -0.229 e. The maximum absolute atomic E-state index is 11.1. The topological polar surface area (TPSA) is 34.1 Å². The molecular weight excluding hydrogens is 196 g/mol. The first-order chi connectivity index (χ1) is 6.64. The van der Waals surface area contributed by atoms with Crippen LogP contribution >= 0.6 is 0 Å². The van der Waals surface area contributed by atoms with E-state index in [0.29, 0.717) is 0 Å². The first-order valence-electron chi connectivity index (χ1n) is 4.56. The highest BCUT2D eigenvalue weighted by molar-refractivity contribution is 7.91. The Kier molecular flexibility index (Phi) is 3.89. The van der Waals surface area contributed by atoms with Crippen molar-refractivity contribution in [3.8, 4) is 0 Å². The molecule has 76 valence electrons. The molecule has 3 heteroatoms. The Morgan fingerprint density at radius 2 is 1.86 bits per heavy atom. The van der Waals surface area contributed by atoms with Crippen molar-refractivity contribution in [3.05, 3.63) is 42.0 Å². The zero-order valence-electron chi connectivity index (χ0n) is 8.18. The fourth-order valence-electron chi connectivity index (χ4n) is 1.01. The normalized spacial score (nSPS) is 12.1. The van der Waals surface area contributed by atoms with Crippen molar-refractivity contribution >= 4 is 15.9 Å². The Hall–Kier alpha value is -1.09. The maximum atomic E-state index is 11.1. The van der Waals surface area contributed by atoms with Crippen molar-refractivity contribution in [1.82, 2.24) is 0 Å². The lowest BCUT2D eigenvalue weighted by molar-refractivity contribution is 0.600. The summed E-state index contributed by atoms with van der Waals surface area (Å²) in [7, 11) is -2.88. The van der Waals surface area contributed by atoms with Gasteiger partial charge in [0.1, 0.15) is 0 Å². The molecule has 1 aromatic carbocycles. The largest absolute Gasteiger partial charge is 0.229 e. The molecule has 14 heavy (non-hydrogen) atoms. The van der Waals surface area contributed by atoms with E-state index in [9.17, 15) is 8.42 Å². The fraction of sp³-hybridized carbons (Fsp3) is 0.273. The molecule has 0 unspecified atom stereocenters. The summed E-state index contributed by atoms with van der Waals surface area (Å²) in [6.45, 7) is 1.66. The summed E-state index contributed by atoms with van der Waals surface area (Å²) in [4.78, 5) is 0. The standard InChI is InChI=1S/C11H14O2S/c1-2-14(12,13)10-6-9-11-7-4-3-5-8-11/h3-9H,2,10H2,1H3. The van der Waals surface area contributed by atoms with Crippen molar-refractivity contribution in [3.63, 3.8) is 0 Å². The van der Waals surface area contributed by atoms with Gasteiger partial charge in [-0.2, -0.15) is 0 Å². The highest BCUT2D eigenvalue weighted by Gasteiger charge is 2.02. The minimum atomic E-state index is -2.88.